The largest absolute Gasteiger partial charge is 0.480 e. The first kappa shape index (κ1) is 36.2. The van der Waals surface area contributed by atoms with Gasteiger partial charge >= 0.3 is 0 Å². The molecule has 0 aliphatic carbocycles. The Morgan fingerprint density at radius 3 is 2.08 bits per heavy atom. The minimum Gasteiger partial charge on any atom is -0.480 e. The highest BCUT2D eigenvalue weighted by Crippen LogP contribution is 2.39. The van der Waals surface area contributed by atoms with Crippen LogP contribution in [0, 0.1) is 0 Å². The lowest BCUT2D eigenvalue weighted by molar-refractivity contribution is -0.122. The average Bonchev–Trinajstić information content (AvgIpc) is 3.53. The SMILES string of the molecule is CCC(Oc1ccc(C(C)(C)CC)cc1C(C)(C)CC)C(=O)Nc1ccc2c(c1)C(=O)N(c1cc(=O)n(-c3c(Cl)cc(Cl)cc3Cl)[nH]1)C2=O. The summed E-state index contributed by atoms with van der Waals surface area (Å²) in [6.07, 6.45) is 1.42. The number of fused-ring (bicyclic) bond motifs is 1. The summed E-state index contributed by atoms with van der Waals surface area (Å²) in [6.45, 7) is 14.9. The summed E-state index contributed by atoms with van der Waals surface area (Å²) in [5.74, 6) is -1.15. The van der Waals surface area contributed by atoms with E-state index in [2.05, 4.69) is 64.1 Å². The Labute approximate surface area is 300 Å². The third kappa shape index (κ3) is 6.89. The van der Waals surface area contributed by atoms with Gasteiger partial charge in [-0.1, -0.05) is 95.4 Å². The fraction of sp³-hybridized carbons (Fsp3) is 0.351. The number of nitrogens with zero attached hydrogens (tertiary/aromatic N) is 2. The third-order valence-corrected chi connectivity index (χ3v) is 10.3. The molecule has 1 atom stereocenters. The molecule has 9 nitrogen and oxygen atoms in total. The number of benzene rings is 3. The van der Waals surface area contributed by atoms with E-state index in [1.165, 1.54) is 29.8 Å². The van der Waals surface area contributed by atoms with Crippen LogP contribution in [0.15, 0.2) is 59.4 Å². The van der Waals surface area contributed by atoms with Crippen LogP contribution in [0.2, 0.25) is 15.1 Å². The molecule has 2 heterocycles. The van der Waals surface area contributed by atoms with Crippen LogP contribution in [-0.2, 0) is 15.6 Å². The first-order chi connectivity index (χ1) is 23.0. The number of carbonyl (C=O) groups excluding carboxylic acids is 3. The van der Waals surface area contributed by atoms with Crippen molar-refractivity contribution in [1.29, 1.82) is 0 Å². The molecule has 0 bridgehead atoms. The number of rotatable bonds is 11. The molecule has 0 saturated heterocycles. The Morgan fingerprint density at radius 1 is 0.837 bits per heavy atom. The van der Waals surface area contributed by atoms with Crippen LogP contribution in [0.1, 0.15) is 99.6 Å². The lowest BCUT2D eigenvalue weighted by Gasteiger charge is -2.31. The standard InChI is InChI=1S/C37H39Cl3N4O5/c1-8-28(49-29-14-11-20(36(4,5)9-2)15-25(29)37(6,7)10-3)33(46)41-22-12-13-23-24(18-22)35(48)43(34(23)47)30-19-31(45)44(42-30)32-26(39)16-21(38)17-27(32)40/h11-19,28,42H,8-10H2,1-7H3,(H,41,46). The Bertz CT molecular complexity index is 2010. The number of hydrogen-bond donors (Lipinski definition) is 2. The van der Waals surface area contributed by atoms with E-state index in [0.717, 1.165) is 34.1 Å². The smallest absolute Gasteiger partial charge is 0.273 e. The van der Waals surface area contributed by atoms with Crippen LogP contribution in [0.4, 0.5) is 11.5 Å². The minimum atomic E-state index is -0.824. The molecule has 258 valence electrons. The maximum atomic E-state index is 13.6. The lowest BCUT2D eigenvalue weighted by atomic mass is 9.76. The van der Waals surface area contributed by atoms with Gasteiger partial charge in [-0.05, 0) is 72.1 Å². The van der Waals surface area contributed by atoms with Crippen molar-refractivity contribution >= 4 is 64.0 Å². The second-order valence-electron chi connectivity index (χ2n) is 13.4. The zero-order valence-electron chi connectivity index (χ0n) is 28.5. The van der Waals surface area contributed by atoms with Gasteiger partial charge in [-0.3, -0.25) is 24.3 Å². The summed E-state index contributed by atoms with van der Waals surface area (Å²) in [7, 11) is 0. The number of imide groups is 1. The van der Waals surface area contributed by atoms with E-state index < -0.39 is 29.4 Å². The molecular formula is C37H39Cl3N4O5. The summed E-state index contributed by atoms with van der Waals surface area (Å²) in [5.41, 5.74) is 2.04. The second-order valence-corrected chi connectivity index (χ2v) is 14.7. The Balaban J connectivity index is 1.38. The summed E-state index contributed by atoms with van der Waals surface area (Å²) < 4.78 is 7.42. The molecule has 1 aliphatic heterocycles. The van der Waals surface area contributed by atoms with Crippen LogP contribution >= 0.6 is 34.8 Å². The lowest BCUT2D eigenvalue weighted by Crippen LogP contribution is -2.33. The Hall–Kier alpha value is -4.05. The van der Waals surface area contributed by atoms with Crippen molar-refractivity contribution < 1.29 is 19.1 Å². The normalized spacial score (nSPS) is 13.9. The van der Waals surface area contributed by atoms with Crippen molar-refractivity contribution in [2.24, 2.45) is 0 Å². The summed E-state index contributed by atoms with van der Waals surface area (Å²) in [4.78, 5) is 54.3. The zero-order valence-corrected chi connectivity index (χ0v) is 30.7. The number of H-pyrrole nitrogens is 1. The van der Waals surface area contributed by atoms with Gasteiger partial charge < -0.3 is 10.1 Å². The van der Waals surface area contributed by atoms with Gasteiger partial charge in [-0.25, -0.2) is 9.58 Å². The molecular weight excluding hydrogens is 687 g/mol. The predicted octanol–water partition coefficient (Wildman–Crippen LogP) is 9.10. The number of amides is 3. The highest BCUT2D eigenvalue weighted by atomic mass is 35.5. The topological polar surface area (TPSA) is 114 Å². The molecule has 1 aromatic heterocycles. The van der Waals surface area contributed by atoms with Crippen LogP contribution < -0.4 is 20.5 Å². The van der Waals surface area contributed by atoms with Crippen molar-refractivity contribution in [3.8, 4) is 11.4 Å². The Morgan fingerprint density at radius 2 is 1.47 bits per heavy atom. The number of halogens is 3. The molecule has 5 rings (SSSR count). The molecule has 0 spiro atoms. The number of anilines is 2. The zero-order chi connectivity index (χ0) is 36.0. The second kappa shape index (κ2) is 13.7. The minimum absolute atomic E-state index is 0.0159. The van der Waals surface area contributed by atoms with E-state index in [-0.39, 0.29) is 48.5 Å². The third-order valence-electron chi connectivity index (χ3n) is 9.50. The van der Waals surface area contributed by atoms with Crippen molar-refractivity contribution in [3.63, 3.8) is 0 Å². The van der Waals surface area contributed by atoms with Crippen molar-refractivity contribution in [2.75, 3.05) is 10.2 Å². The number of hydrogen-bond acceptors (Lipinski definition) is 5. The van der Waals surface area contributed by atoms with E-state index in [9.17, 15) is 19.2 Å². The molecule has 1 aliphatic rings. The number of aromatic nitrogens is 2. The van der Waals surface area contributed by atoms with Crippen molar-refractivity contribution in [1.82, 2.24) is 9.78 Å². The fourth-order valence-electron chi connectivity index (χ4n) is 5.63. The van der Waals surface area contributed by atoms with Gasteiger partial charge in [-0.2, -0.15) is 0 Å². The van der Waals surface area contributed by atoms with Gasteiger partial charge in [0.15, 0.2) is 6.10 Å². The molecule has 0 fully saturated rings. The van der Waals surface area contributed by atoms with Gasteiger partial charge in [0.25, 0.3) is 23.3 Å². The fourth-order valence-corrected chi connectivity index (χ4v) is 6.61. The molecule has 3 amide bonds. The van der Waals surface area contributed by atoms with Crippen LogP contribution in [0.3, 0.4) is 0 Å². The van der Waals surface area contributed by atoms with Gasteiger partial charge in [-0.15, -0.1) is 0 Å². The average molecular weight is 726 g/mol. The molecule has 2 N–H and O–H groups in total. The summed E-state index contributed by atoms with van der Waals surface area (Å²) in [6, 6.07) is 14.6. The van der Waals surface area contributed by atoms with E-state index in [4.69, 9.17) is 39.5 Å². The summed E-state index contributed by atoms with van der Waals surface area (Å²) >= 11 is 18.6. The van der Waals surface area contributed by atoms with E-state index >= 15 is 0 Å². The van der Waals surface area contributed by atoms with E-state index in [1.807, 2.05) is 13.0 Å². The maximum absolute atomic E-state index is 13.6. The first-order valence-corrected chi connectivity index (χ1v) is 17.3. The molecule has 3 aromatic carbocycles. The number of ether oxygens (including phenoxy) is 1. The monoisotopic (exact) mass is 724 g/mol. The van der Waals surface area contributed by atoms with Crippen LogP contribution in [0.25, 0.3) is 5.69 Å². The summed E-state index contributed by atoms with van der Waals surface area (Å²) in [5, 5.41) is 6.06. The van der Waals surface area contributed by atoms with E-state index in [0.29, 0.717) is 17.9 Å². The molecule has 0 saturated carbocycles. The molecule has 49 heavy (non-hydrogen) atoms. The number of carbonyl (C=O) groups is 3. The highest BCUT2D eigenvalue weighted by molar-refractivity contribution is 6.40. The van der Waals surface area contributed by atoms with Crippen molar-refractivity contribution in [2.45, 2.75) is 84.7 Å². The van der Waals surface area contributed by atoms with Crippen LogP contribution in [0.5, 0.6) is 5.75 Å². The highest BCUT2D eigenvalue weighted by Gasteiger charge is 2.39. The number of aromatic amines is 1. The van der Waals surface area contributed by atoms with Gasteiger partial charge in [0.1, 0.15) is 17.3 Å². The Kier molecular flexibility index (Phi) is 10.1. The van der Waals surface area contributed by atoms with E-state index in [1.54, 1.807) is 6.07 Å². The molecule has 0 radical (unpaired) electrons. The first-order valence-electron chi connectivity index (χ1n) is 16.1. The van der Waals surface area contributed by atoms with Crippen LogP contribution in [-0.4, -0.2) is 33.6 Å². The maximum Gasteiger partial charge on any atom is 0.273 e. The quantitative estimate of drug-likeness (QED) is 0.150. The molecule has 1 unspecified atom stereocenters. The van der Waals surface area contributed by atoms with Gasteiger partial charge in [0, 0.05) is 22.3 Å². The van der Waals surface area contributed by atoms with Crippen molar-refractivity contribution in [3.05, 3.63) is 102 Å². The van der Waals surface area contributed by atoms with Gasteiger partial charge in [0.2, 0.25) is 0 Å². The number of nitrogens with one attached hydrogen (secondary N) is 2. The van der Waals surface area contributed by atoms with Gasteiger partial charge in [0.05, 0.1) is 21.2 Å². The molecule has 4 aromatic rings. The predicted molar refractivity (Wildman–Crippen MR) is 195 cm³/mol. The molecule has 12 heteroatoms.